The van der Waals surface area contributed by atoms with Crippen LogP contribution in [-0.4, -0.2) is 27.9 Å². The summed E-state index contributed by atoms with van der Waals surface area (Å²) in [7, 11) is 0. The van der Waals surface area contributed by atoms with Gasteiger partial charge in [0.25, 0.3) is 5.91 Å². The number of nitrogens with zero attached hydrogens (tertiary/aromatic N) is 1. The lowest BCUT2D eigenvalue weighted by Crippen LogP contribution is -2.16. The van der Waals surface area contributed by atoms with E-state index in [9.17, 15) is 14.4 Å². The number of aromatic nitrogens is 1. The van der Waals surface area contributed by atoms with Gasteiger partial charge in [0, 0.05) is 11.1 Å². The highest BCUT2D eigenvalue weighted by Gasteiger charge is 2.11. The molecule has 0 aliphatic carbocycles. The molecule has 2 amide bonds. The lowest BCUT2D eigenvalue weighted by atomic mass is 10.1. The second kappa shape index (κ2) is 5.83. The third-order valence-corrected chi connectivity index (χ3v) is 2.62. The van der Waals surface area contributed by atoms with Crippen molar-refractivity contribution < 1.29 is 19.5 Å². The second-order valence-corrected chi connectivity index (χ2v) is 4.11. The molecule has 1 heterocycles. The number of hydrogen-bond donors (Lipinski definition) is 3. The Labute approximate surface area is 119 Å². The molecule has 106 valence electrons. The van der Waals surface area contributed by atoms with Crippen LogP contribution in [0.5, 0.6) is 0 Å². The molecular weight excluding hydrogens is 274 g/mol. The zero-order chi connectivity index (χ0) is 15.4. The lowest BCUT2D eigenvalue weighted by Gasteiger charge is -2.06. The Kier molecular flexibility index (Phi) is 3.94. The number of benzene rings is 1. The molecule has 7 nitrogen and oxygen atoms in total. The van der Waals surface area contributed by atoms with Gasteiger partial charge >= 0.3 is 5.97 Å². The minimum atomic E-state index is -1.19. The van der Waals surface area contributed by atoms with Crippen molar-refractivity contribution in [1.82, 2.24) is 4.98 Å². The van der Waals surface area contributed by atoms with Crippen molar-refractivity contribution in [2.24, 2.45) is 5.73 Å². The molecule has 0 bridgehead atoms. The lowest BCUT2D eigenvalue weighted by molar-refractivity contribution is 0.0690. The maximum atomic E-state index is 12.0. The third-order valence-electron chi connectivity index (χ3n) is 2.62. The molecule has 7 heteroatoms. The van der Waals surface area contributed by atoms with Crippen LogP contribution in [0.1, 0.15) is 31.2 Å². The van der Waals surface area contributed by atoms with Crippen LogP contribution in [0.15, 0.2) is 42.5 Å². The monoisotopic (exact) mass is 285 g/mol. The Morgan fingerprint density at radius 2 is 1.71 bits per heavy atom. The van der Waals surface area contributed by atoms with Crippen molar-refractivity contribution in [3.05, 3.63) is 59.3 Å². The van der Waals surface area contributed by atoms with Crippen LogP contribution in [-0.2, 0) is 0 Å². The number of carbonyl (C=O) groups excluding carboxylic acids is 2. The van der Waals surface area contributed by atoms with Crippen molar-refractivity contribution >= 4 is 23.6 Å². The number of nitrogens with two attached hydrogens (primary N) is 1. The fourth-order valence-electron chi connectivity index (χ4n) is 1.63. The molecule has 1 aromatic heterocycles. The molecule has 0 spiro atoms. The van der Waals surface area contributed by atoms with Crippen LogP contribution >= 0.6 is 0 Å². The summed E-state index contributed by atoms with van der Waals surface area (Å²) in [6.07, 6.45) is 0. The van der Waals surface area contributed by atoms with Crippen LogP contribution in [0, 0.1) is 0 Å². The van der Waals surface area contributed by atoms with E-state index in [1.807, 2.05) is 0 Å². The van der Waals surface area contributed by atoms with Gasteiger partial charge in [-0.15, -0.1) is 0 Å². The Hall–Kier alpha value is -3.22. The van der Waals surface area contributed by atoms with Gasteiger partial charge in [-0.2, -0.15) is 0 Å². The zero-order valence-electron chi connectivity index (χ0n) is 10.7. The van der Waals surface area contributed by atoms with E-state index in [0.717, 1.165) is 0 Å². The van der Waals surface area contributed by atoms with Crippen molar-refractivity contribution in [2.75, 3.05) is 5.32 Å². The predicted octanol–water partition coefficient (Wildman–Crippen LogP) is 1.13. The predicted molar refractivity (Wildman–Crippen MR) is 74.1 cm³/mol. The summed E-state index contributed by atoms with van der Waals surface area (Å²) in [4.78, 5) is 37.7. The Morgan fingerprint density at radius 3 is 2.38 bits per heavy atom. The molecule has 0 atom stereocenters. The van der Waals surface area contributed by atoms with Gasteiger partial charge in [0.15, 0.2) is 5.69 Å². The summed E-state index contributed by atoms with van der Waals surface area (Å²) < 4.78 is 0. The first-order chi connectivity index (χ1) is 9.97. The van der Waals surface area contributed by atoms with E-state index in [2.05, 4.69) is 10.3 Å². The van der Waals surface area contributed by atoms with Crippen molar-refractivity contribution in [3.8, 4) is 0 Å². The van der Waals surface area contributed by atoms with Gasteiger partial charge < -0.3 is 16.2 Å². The molecule has 0 saturated carbocycles. The average Bonchev–Trinajstić information content (AvgIpc) is 2.47. The van der Waals surface area contributed by atoms with E-state index in [0.29, 0.717) is 0 Å². The van der Waals surface area contributed by atoms with E-state index in [1.54, 1.807) is 0 Å². The first-order valence-electron chi connectivity index (χ1n) is 5.89. The Bertz CT molecular complexity index is 728. The van der Waals surface area contributed by atoms with Gasteiger partial charge in [0.2, 0.25) is 5.91 Å². The number of anilines is 1. The molecule has 2 aromatic rings. The average molecular weight is 285 g/mol. The van der Waals surface area contributed by atoms with Gasteiger partial charge in [0.1, 0.15) is 5.82 Å². The number of rotatable bonds is 4. The molecule has 0 radical (unpaired) electrons. The topological polar surface area (TPSA) is 122 Å². The number of nitrogens with one attached hydrogen (secondary N) is 1. The van der Waals surface area contributed by atoms with Crippen molar-refractivity contribution in [3.63, 3.8) is 0 Å². The molecule has 0 saturated heterocycles. The minimum absolute atomic E-state index is 0.101. The molecule has 0 aliphatic heterocycles. The van der Waals surface area contributed by atoms with Gasteiger partial charge in [-0.3, -0.25) is 9.59 Å². The quantitative estimate of drug-likeness (QED) is 0.777. The van der Waals surface area contributed by atoms with Gasteiger partial charge in [0.05, 0.1) is 0 Å². The summed E-state index contributed by atoms with van der Waals surface area (Å²) in [5.41, 5.74) is 5.38. The standard InChI is InChI=1S/C14H11N3O4/c15-12(18)8-3-1-4-9(7-8)13(19)17-11-6-2-5-10(16-11)14(20)21/h1-7H,(H2,15,18)(H,20,21)(H,16,17,19). The summed E-state index contributed by atoms with van der Waals surface area (Å²) in [6, 6.07) is 10.1. The van der Waals surface area contributed by atoms with E-state index in [-0.39, 0.29) is 22.6 Å². The summed E-state index contributed by atoms with van der Waals surface area (Å²) in [5, 5.41) is 11.3. The number of primary amides is 1. The van der Waals surface area contributed by atoms with E-state index in [1.165, 1.54) is 42.5 Å². The number of amides is 2. The van der Waals surface area contributed by atoms with E-state index >= 15 is 0 Å². The number of carbonyl (C=O) groups is 3. The van der Waals surface area contributed by atoms with Gasteiger partial charge in [-0.05, 0) is 30.3 Å². The molecule has 0 unspecified atom stereocenters. The van der Waals surface area contributed by atoms with E-state index in [4.69, 9.17) is 10.8 Å². The maximum absolute atomic E-state index is 12.0. The number of carboxylic acids is 1. The van der Waals surface area contributed by atoms with Crippen LogP contribution in [0.2, 0.25) is 0 Å². The fraction of sp³-hybridized carbons (Fsp3) is 0. The highest BCUT2D eigenvalue weighted by atomic mass is 16.4. The van der Waals surface area contributed by atoms with Gasteiger partial charge in [-0.25, -0.2) is 9.78 Å². The van der Waals surface area contributed by atoms with Crippen LogP contribution < -0.4 is 11.1 Å². The summed E-state index contributed by atoms with van der Waals surface area (Å²) >= 11 is 0. The zero-order valence-corrected chi connectivity index (χ0v) is 10.7. The number of carboxylic acid groups (broad SMARTS) is 1. The third kappa shape index (κ3) is 3.41. The van der Waals surface area contributed by atoms with Crippen LogP contribution in [0.3, 0.4) is 0 Å². The summed E-state index contributed by atoms with van der Waals surface area (Å²) in [5.74, 6) is -2.25. The fourth-order valence-corrected chi connectivity index (χ4v) is 1.63. The molecule has 0 fully saturated rings. The minimum Gasteiger partial charge on any atom is -0.477 e. The van der Waals surface area contributed by atoms with Crippen molar-refractivity contribution in [1.29, 1.82) is 0 Å². The molecule has 1 aromatic carbocycles. The van der Waals surface area contributed by atoms with Gasteiger partial charge in [-0.1, -0.05) is 12.1 Å². The Morgan fingerprint density at radius 1 is 1.05 bits per heavy atom. The highest BCUT2D eigenvalue weighted by Crippen LogP contribution is 2.10. The first-order valence-corrected chi connectivity index (χ1v) is 5.89. The van der Waals surface area contributed by atoms with Crippen LogP contribution in [0.25, 0.3) is 0 Å². The van der Waals surface area contributed by atoms with Crippen molar-refractivity contribution in [2.45, 2.75) is 0 Å². The smallest absolute Gasteiger partial charge is 0.354 e. The molecule has 21 heavy (non-hydrogen) atoms. The maximum Gasteiger partial charge on any atom is 0.354 e. The first kappa shape index (κ1) is 14.2. The SMILES string of the molecule is NC(=O)c1cccc(C(=O)Nc2cccc(C(=O)O)n2)c1. The molecular formula is C14H11N3O4. The highest BCUT2D eigenvalue weighted by molar-refractivity contribution is 6.05. The van der Waals surface area contributed by atoms with E-state index < -0.39 is 17.8 Å². The largest absolute Gasteiger partial charge is 0.477 e. The second-order valence-electron chi connectivity index (χ2n) is 4.11. The molecule has 0 aliphatic rings. The van der Waals surface area contributed by atoms with Crippen LogP contribution in [0.4, 0.5) is 5.82 Å². The molecule has 2 rings (SSSR count). The number of hydrogen-bond acceptors (Lipinski definition) is 4. The Balaban J connectivity index is 2.22. The normalized spacial score (nSPS) is 9.90. The molecule has 4 N–H and O–H groups in total. The number of aromatic carboxylic acids is 1. The number of pyridine rings is 1. The summed E-state index contributed by atoms with van der Waals surface area (Å²) in [6.45, 7) is 0.